The molecule has 0 aliphatic heterocycles. The molecule has 0 saturated carbocycles. The van der Waals surface area contributed by atoms with Crippen LogP contribution in [0.2, 0.25) is 0 Å². The van der Waals surface area contributed by atoms with Gasteiger partial charge in [-0.05, 0) is 30.2 Å². The Hall–Kier alpha value is -3.59. The van der Waals surface area contributed by atoms with Crippen molar-refractivity contribution in [2.75, 3.05) is 10.5 Å². The third kappa shape index (κ3) is 4.11. The molecule has 2 N–H and O–H groups in total. The number of halogens is 2. The van der Waals surface area contributed by atoms with Crippen LogP contribution in [0.1, 0.15) is 29.3 Å². The molecule has 32 heavy (non-hydrogen) atoms. The van der Waals surface area contributed by atoms with E-state index >= 15 is 4.39 Å². The molecule has 0 amide bonds. The Morgan fingerprint density at radius 1 is 1.09 bits per heavy atom. The predicted octanol–water partition coefficient (Wildman–Crippen LogP) is 4.89. The lowest BCUT2D eigenvalue weighted by atomic mass is 10.00. The van der Waals surface area contributed by atoms with Gasteiger partial charge in [0.15, 0.2) is 5.82 Å². The second kappa shape index (κ2) is 8.51. The lowest BCUT2D eigenvalue weighted by Crippen LogP contribution is -2.18. The largest absolute Gasteiger partial charge is 0.345 e. The summed E-state index contributed by atoms with van der Waals surface area (Å²) in [6.07, 6.45) is 3.28. The fourth-order valence-electron chi connectivity index (χ4n) is 3.44. The summed E-state index contributed by atoms with van der Waals surface area (Å²) in [5.41, 5.74) is 0.684. The van der Waals surface area contributed by atoms with Gasteiger partial charge in [-0.3, -0.25) is 9.52 Å². The minimum atomic E-state index is -3.83. The number of hydrogen-bond acceptors (Lipinski definition) is 4. The van der Waals surface area contributed by atoms with Crippen LogP contribution in [0.5, 0.6) is 0 Å². The number of sulfonamides is 1. The molecule has 0 fully saturated rings. The molecule has 0 aliphatic rings. The lowest BCUT2D eigenvalue weighted by Gasteiger charge is -2.11. The summed E-state index contributed by atoms with van der Waals surface area (Å²) in [5, 5.41) is 0.395. The van der Waals surface area contributed by atoms with Crippen molar-refractivity contribution in [3.05, 3.63) is 83.7 Å². The first-order chi connectivity index (χ1) is 15.3. The number of anilines is 1. The van der Waals surface area contributed by atoms with Crippen LogP contribution in [0, 0.1) is 11.6 Å². The summed E-state index contributed by atoms with van der Waals surface area (Å²) in [6.45, 7) is 1.66. The Morgan fingerprint density at radius 2 is 1.84 bits per heavy atom. The molecule has 0 atom stereocenters. The van der Waals surface area contributed by atoms with E-state index < -0.39 is 38.7 Å². The van der Waals surface area contributed by atoms with E-state index in [0.29, 0.717) is 17.5 Å². The van der Waals surface area contributed by atoms with E-state index in [0.717, 1.165) is 23.3 Å². The number of nitrogens with zero attached hydrogens (tertiary/aromatic N) is 1. The normalized spacial score (nSPS) is 11.6. The van der Waals surface area contributed by atoms with Crippen molar-refractivity contribution in [2.45, 2.75) is 13.3 Å². The van der Waals surface area contributed by atoms with Gasteiger partial charge in [-0.15, -0.1) is 0 Å². The van der Waals surface area contributed by atoms with Crippen molar-refractivity contribution in [3.63, 3.8) is 0 Å². The van der Waals surface area contributed by atoms with Crippen molar-refractivity contribution < 1.29 is 22.0 Å². The minimum absolute atomic E-state index is 0.0247. The molecular formula is C23H19F2N3O3S. The fraction of sp³-hybridized carbons (Fsp3) is 0.130. The molecule has 0 aliphatic carbocycles. The standard InChI is InChI=1S/C23H19F2N3O3S/c1-2-10-32(30,31)28-19-9-8-18(24)20(21(19)25)22(29)17-13-27-23-16(17)11-15(12-26-23)14-6-4-3-5-7-14/h3-9,11-13,28H,2,10H2,1H3,(H,26,27). The number of hydrogen-bond donors (Lipinski definition) is 2. The van der Waals surface area contributed by atoms with Gasteiger partial charge >= 0.3 is 0 Å². The molecule has 0 spiro atoms. The SMILES string of the molecule is CCCS(=O)(=O)Nc1ccc(F)c(C(=O)c2c[nH]c3ncc(-c4ccccc4)cc23)c1F. The second-order valence-electron chi connectivity index (χ2n) is 7.22. The first kappa shape index (κ1) is 21.6. The first-order valence-electron chi connectivity index (χ1n) is 9.86. The maximum Gasteiger partial charge on any atom is 0.232 e. The molecule has 2 aromatic carbocycles. The van der Waals surface area contributed by atoms with Gasteiger partial charge in [-0.2, -0.15) is 0 Å². The number of benzene rings is 2. The Bertz CT molecular complexity index is 1420. The van der Waals surface area contributed by atoms with E-state index in [4.69, 9.17) is 0 Å². The average molecular weight is 455 g/mol. The zero-order chi connectivity index (χ0) is 22.9. The minimum Gasteiger partial charge on any atom is -0.345 e. The van der Waals surface area contributed by atoms with Gasteiger partial charge in [0, 0.05) is 28.9 Å². The number of H-pyrrole nitrogens is 1. The molecule has 2 heterocycles. The van der Waals surface area contributed by atoms with E-state index in [2.05, 4.69) is 14.7 Å². The van der Waals surface area contributed by atoms with Crippen LogP contribution in [-0.4, -0.2) is 29.9 Å². The van der Waals surface area contributed by atoms with Crippen LogP contribution in [-0.2, 0) is 10.0 Å². The third-order valence-electron chi connectivity index (χ3n) is 4.94. The number of carbonyl (C=O) groups is 1. The summed E-state index contributed by atoms with van der Waals surface area (Å²) in [5.74, 6) is -3.51. The summed E-state index contributed by atoms with van der Waals surface area (Å²) in [6, 6.07) is 12.9. The summed E-state index contributed by atoms with van der Waals surface area (Å²) >= 11 is 0. The third-order valence-corrected chi connectivity index (χ3v) is 6.42. The van der Waals surface area contributed by atoms with Gasteiger partial charge < -0.3 is 4.98 Å². The average Bonchev–Trinajstić information content (AvgIpc) is 3.19. The Morgan fingerprint density at radius 3 is 2.56 bits per heavy atom. The smallest absolute Gasteiger partial charge is 0.232 e. The van der Waals surface area contributed by atoms with Gasteiger partial charge in [0.05, 0.1) is 17.0 Å². The maximum absolute atomic E-state index is 15.1. The zero-order valence-corrected chi connectivity index (χ0v) is 17.8. The van der Waals surface area contributed by atoms with E-state index in [9.17, 15) is 17.6 Å². The number of aromatic amines is 1. The Balaban J connectivity index is 1.79. The van der Waals surface area contributed by atoms with Gasteiger partial charge in [-0.1, -0.05) is 37.3 Å². The highest BCUT2D eigenvalue weighted by Gasteiger charge is 2.26. The monoisotopic (exact) mass is 455 g/mol. The van der Waals surface area contributed by atoms with Crippen LogP contribution >= 0.6 is 0 Å². The summed E-state index contributed by atoms with van der Waals surface area (Å²) in [7, 11) is -3.83. The van der Waals surface area contributed by atoms with Gasteiger partial charge in [-0.25, -0.2) is 22.2 Å². The number of aromatic nitrogens is 2. The molecule has 0 unspecified atom stereocenters. The van der Waals surface area contributed by atoms with E-state index in [1.807, 2.05) is 30.3 Å². The number of rotatable bonds is 7. The molecule has 9 heteroatoms. The number of fused-ring (bicyclic) bond motifs is 1. The van der Waals surface area contributed by atoms with Crippen LogP contribution in [0.3, 0.4) is 0 Å². The molecule has 4 aromatic rings. The highest BCUT2D eigenvalue weighted by molar-refractivity contribution is 7.92. The molecule has 4 rings (SSSR count). The Labute approximate surface area is 183 Å². The van der Waals surface area contributed by atoms with Gasteiger partial charge in [0.25, 0.3) is 0 Å². The summed E-state index contributed by atoms with van der Waals surface area (Å²) in [4.78, 5) is 20.3. The topological polar surface area (TPSA) is 91.9 Å². The number of ketones is 1. The van der Waals surface area contributed by atoms with Crippen LogP contribution in [0.25, 0.3) is 22.2 Å². The molecule has 2 aromatic heterocycles. The van der Waals surface area contributed by atoms with Crippen molar-refractivity contribution in [1.82, 2.24) is 9.97 Å². The molecule has 0 saturated heterocycles. The quantitative estimate of drug-likeness (QED) is 0.388. The van der Waals surface area contributed by atoms with E-state index in [1.54, 1.807) is 19.2 Å². The Kier molecular flexibility index (Phi) is 5.75. The van der Waals surface area contributed by atoms with Crippen molar-refractivity contribution in [1.29, 1.82) is 0 Å². The van der Waals surface area contributed by atoms with Gasteiger partial charge in [0.1, 0.15) is 11.5 Å². The van der Waals surface area contributed by atoms with Crippen LogP contribution in [0.4, 0.5) is 14.5 Å². The van der Waals surface area contributed by atoms with Crippen molar-refractivity contribution in [2.24, 2.45) is 0 Å². The molecular weight excluding hydrogens is 436 g/mol. The van der Waals surface area contributed by atoms with Crippen molar-refractivity contribution >= 4 is 32.5 Å². The predicted molar refractivity (Wildman–Crippen MR) is 119 cm³/mol. The second-order valence-corrected chi connectivity index (χ2v) is 9.06. The first-order valence-corrected chi connectivity index (χ1v) is 11.5. The zero-order valence-electron chi connectivity index (χ0n) is 17.0. The van der Waals surface area contributed by atoms with E-state index in [1.165, 1.54) is 6.20 Å². The molecule has 6 nitrogen and oxygen atoms in total. The molecule has 0 radical (unpaired) electrons. The number of nitrogens with one attached hydrogen (secondary N) is 2. The molecule has 164 valence electrons. The van der Waals surface area contributed by atoms with Crippen molar-refractivity contribution in [3.8, 4) is 11.1 Å². The molecule has 0 bridgehead atoms. The summed E-state index contributed by atoms with van der Waals surface area (Å²) < 4.78 is 55.7. The highest BCUT2D eigenvalue weighted by Crippen LogP contribution is 2.29. The maximum atomic E-state index is 15.1. The van der Waals surface area contributed by atoms with Gasteiger partial charge in [0.2, 0.25) is 15.8 Å². The number of carbonyl (C=O) groups excluding carboxylic acids is 1. The highest BCUT2D eigenvalue weighted by atomic mass is 32.2. The van der Waals surface area contributed by atoms with E-state index in [-0.39, 0.29) is 11.3 Å². The lowest BCUT2D eigenvalue weighted by molar-refractivity contribution is 0.103. The van der Waals surface area contributed by atoms with Crippen LogP contribution in [0.15, 0.2) is 60.9 Å². The van der Waals surface area contributed by atoms with Crippen LogP contribution < -0.4 is 4.72 Å². The fourth-order valence-corrected chi connectivity index (χ4v) is 4.57. The number of pyridine rings is 1.